The van der Waals surface area contributed by atoms with Gasteiger partial charge in [-0.15, -0.1) is 0 Å². The van der Waals surface area contributed by atoms with Gasteiger partial charge >= 0.3 is 0 Å². The van der Waals surface area contributed by atoms with Crippen LogP contribution in [0.5, 0.6) is 0 Å². The van der Waals surface area contributed by atoms with E-state index < -0.39 is 0 Å². The normalized spacial score (nSPS) is 41.4. The van der Waals surface area contributed by atoms with Crippen molar-refractivity contribution in [2.45, 2.75) is 31.8 Å². The van der Waals surface area contributed by atoms with E-state index >= 15 is 0 Å². The van der Waals surface area contributed by atoms with E-state index in [-0.39, 0.29) is 18.1 Å². The summed E-state index contributed by atoms with van der Waals surface area (Å²) in [6, 6.07) is 0. The minimum atomic E-state index is -0.0712. The van der Waals surface area contributed by atoms with Gasteiger partial charge in [0.15, 0.2) is 0 Å². The van der Waals surface area contributed by atoms with Crippen molar-refractivity contribution in [1.29, 1.82) is 0 Å². The summed E-state index contributed by atoms with van der Waals surface area (Å²) < 4.78 is 5.60. The lowest BCUT2D eigenvalue weighted by molar-refractivity contribution is -0.00840. The Balaban J connectivity index is 2.25. The van der Waals surface area contributed by atoms with Crippen molar-refractivity contribution in [2.75, 3.05) is 13.2 Å². The van der Waals surface area contributed by atoms with Crippen LogP contribution in [0.2, 0.25) is 0 Å². The molecule has 1 saturated carbocycles. The minimum absolute atomic E-state index is 0.0712. The second-order valence-electron chi connectivity index (χ2n) is 3.96. The molecule has 2 heteroatoms. The number of aliphatic hydroxyl groups excluding tert-OH is 1. The summed E-state index contributed by atoms with van der Waals surface area (Å²) in [5.74, 6) is 0. The van der Waals surface area contributed by atoms with Gasteiger partial charge in [-0.25, -0.2) is 0 Å². The molecular formula is C10H16O2. The Morgan fingerprint density at radius 2 is 2.42 bits per heavy atom. The number of hydrogen-bond donors (Lipinski definition) is 1. The van der Waals surface area contributed by atoms with E-state index in [0.29, 0.717) is 6.61 Å². The Morgan fingerprint density at radius 1 is 1.58 bits per heavy atom. The van der Waals surface area contributed by atoms with Crippen molar-refractivity contribution < 1.29 is 9.84 Å². The Morgan fingerprint density at radius 3 is 3.08 bits per heavy atom. The SMILES string of the molecule is C=C1CO[C@@H]2CCCC[C@]12CO. The van der Waals surface area contributed by atoms with E-state index in [2.05, 4.69) is 6.58 Å². The van der Waals surface area contributed by atoms with Gasteiger partial charge in [0.1, 0.15) is 0 Å². The number of ether oxygens (including phenoxy) is 1. The maximum absolute atomic E-state index is 9.38. The summed E-state index contributed by atoms with van der Waals surface area (Å²) in [4.78, 5) is 0. The van der Waals surface area contributed by atoms with Crippen LogP contribution in [-0.2, 0) is 4.74 Å². The quantitative estimate of drug-likeness (QED) is 0.601. The first kappa shape index (κ1) is 8.27. The van der Waals surface area contributed by atoms with Crippen molar-refractivity contribution >= 4 is 0 Å². The molecule has 0 aromatic carbocycles. The van der Waals surface area contributed by atoms with E-state index in [1.807, 2.05) is 0 Å². The molecule has 0 aromatic rings. The zero-order valence-corrected chi connectivity index (χ0v) is 7.38. The number of rotatable bonds is 1. The zero-order chi connectivity index (χ0) is 8.60. The third-order valence-electron chi connectivity index (χ3n) is 3.40. The molecule has 2 rings (SSSR count). The predicted octanol–water partition coefficient (Wildman–Crippen LogP) is 1.49. The highest BCUT2D eigenvalue weighted by atomic mass is 16.5. The summed E-state index contributed by atoms with van der Waals surface area (Å²) in [7, 11) is 0. The fourth-order valence-corrected chi connectivity index (χ4v) is 2.49. The van der Waals surface area contributed by atoms with E-state index in [0.717, 1.165) is 18.4 Å². The molecule has 2 aliphatic rings. The molecule has 0 unspecified atom stereocenters. The van der Waals surface area contributed by atoms with Gasteiger partial charge in [-0.3, -0.25) is 0 Å². The van der Waals surface area contributed by atoms with Gasteiger partial charge in [-0.1, -0.05) is 19.4 Å². The maximum atomic E-state index is 9.38. The second-order valence-corrected chi connectivity index (χ2v) is 3.96. The minimum Gasteiger partial charge on any atom is -0.395 e. The molecule has 68 valence electrons. The summed E-state index contributed by atoms with van der Waals surface area (Å²) in [6.45, 7) is 4.87. The van der Waals surface area contributed by atoms with Gasteiger partial charge in [0.05, 0.1) is 19.3 Å². The fourth-order valence-electron chi connectivity index (χ4n) is 2.49. The molecule has 1 heterocycles. The van der Waals surface area contributed by atoms with Crippen LogP contribution in [0, 0.1) is 5.41 Å². The fraction of sp³-hybridized carbons (Fsp3) is 0.800. The van der Waals surface area contributed by atoms with Crippen LogP contribution in [0.1, 0.15) is 25.7 Å². The van der Waals surface area contributed by atoms with E-state index in [9.17, 15) is 5.11 Å². The maximum Gasteiger partial charge on any atom is 0.0695 e. The van der Waals surface area contributed by atoms with Crippen LogP contribution < -0.4 is 0 Å². The third-order valence-corrected chi connectivity index (χ3v) is 3.40. The van der Waals surface area contributed by atoms with E-state index in [4.69, 9.17) is 4.74 Å². The molecule has 1 N–H and O–H groups in total. The molecule has 1 saturated heterocycles. The highest BCUT2D eigenvalue weighted by Gasteiger charge is 2.47. The van der Waals surface area contributed by atoms with Crippen molar-refractivity contribution in [3.8, 4) is 0 Å². The summed E-state index contributed by atoms with van der Waals surface area (Å²) in [6.07, 6.45) is 4.86. The van der Waals surface area contributed by atoms with Crippen molar-refractivity contribution in [3.63, 3.8) is 0 Å². The smallest absolute Gasteiger partial charge is 0.0695 e. The van der Waals surface area contributed by atoms with Crippen molar-refractivity contribution in [1.82, 2.24) is 0 Å². The van der Waals surface area contributed by atoms with Gasteiger partial charge in [0.25, 0.3) is 0 Å². The molecule has 12 heavy (non-hydrogen) atoms. The second kappa shape index (κ2) is 2.86. The van der Waals surface area contributed by atoms with Crippen LogP contribution in [0.15, 0.2) is 12.2 Å². The lowest BCUT2D eigenvalue weighted by Gasteiger charge is -2.36. The molecule has 1 aliphatic heterocycles. The largest absolute Gasteiger partial charge is 0.395 e. The molecule has 2 nitrogen and oxygen atoms in total. The molecule has 1 aliphatic carbocycles. The lowest BCUT2D eigenvalue weighted by Crippen LogP contribution is -2.38. The first-order valence-corrected chi connectivity index (χ1v) is 4.70. The summed E-state index contributed by atoms with van der Waals surface area (Å²) in [5, 5.41) is 9.38. The van der Waals surface area contributed by atoms with Crippen LogP contribution in [-0.4, -0.2) is 24.4 Å². The van der Waals surface area contributed by atoms with Gasteiger partial charge < -0.3 is 9.84 Å². The monoisotopic (exact) mass is 168 g/mol. The highest BCUT2D eigenvalue weighted by molar-refractivity contribution is 5.19. The van der Waals surface area contributed by atoms with Gasteiger partial charge in [0, 0.05) is 5.41 Å². The molecule has 2 atom stereocenters. The molecule has 0 aromatic heterocycles. The summed E-state index contributed by atoms with van der Waals surface area (Å²) >= 11 is 0. The van der Waals surface area contributed by atoms with Crippen LogP contribution in [0.4, 0.5) is 0 Å². The van der Waals surface area contributed by atoms with Crippen molar-refractivity contribution in [2.24, 2.45) is 5.41 Å². The molecule has 2 fully saturated rings. The average molecular weight is 168 g/mol. The van der Waals surface area contributed by atoms with E-state index in [1.165, 1.54) is 12.8 Å². The predicted molar refractivity (Wildman–Crippen MR) is 46.9 cm³/mol. The first-order chi connectivity index (χ1) is 5.79. The molecule has 0 radical (unpaired) electrons. The van der Waals surface area contributed by atoms with Crippen LogP contribution in [0.3, 0.4) is 0 Å². The van der Waals surface area contributed by atoms with Gasteiger partial charge in [-0.05, 0) is 18.4 Å². The topological polar surface area (TPSA) is 29.5 Å². The summed E-state index contributed by atoms with van der Waals surface area (Å²) in [5.41, 5.74) is 1.04. The molecule has 0 amide bonds. The van der Waals surface area contributed by atoms with Gasteiger partial charge in [0.2, 0.25) is 0 Å². The average Bonchev–Trinajstić information content (AvgIpc) is 2.45. The number of fused-ring (bicyclic) bond motifs is 1. The highest BCUT2D eigenvalue weighted by Crippen LogP contribution is 2.47. The number of hydrogen-bond acceptors (Lipinski definition) is 2. The molecule has 0 spiro atoms. The molecule has 0 bridgehead atoms. The molecular weight excluding hydrogens is 152 g/mol. The van der Waals surface area contributed by atoms with E-state index in [1.54, 1.807) is 0 Å². The zero-order valence-electron chi connectivity index (χ0n) is 7.38. The third kappa shape index (κ3) is 0.947. The standard InChI is InChI=1S/C10H16O2/c1-8-6-12-9-4-2-3-5-10(8,9)7-11/h9,11H,1-7H2/t9-,10+/m1/s1. The van der Waals surface area contributed by atoms with Crippen molar-refractivity contribution in [3.05, 3.63) is 12.2 Å². The first-order valence-electron chi connectivity index (χ1n) is 4.70. The Hall–Kier alpha value is -0.340. The Bertz CT molecular complexity index is 200. The van der Waals surface area contributed by atoms with Crippen LogP contribution in [0.25, 0.3) is 0 Å². The van der Waals surface area contributed by atoms with Gasteiger partial charge in [-0.2, -0.15) is 0 Å². The lowest BCUT2D eigenvalue weighted by atomic mass is 9.70. The number of aliphatic hydroxyl groups is 1. The Kier molecular flexibility index (Phi) is 1.97. The Labute approximate surface area is 73.2 Å². The van der Waals surface area contributed by atoms with Crippen LogP contribution >= 0.6 is 0 Å².